The monoisotopic (exact) mass is 311 g/mol. The molecule has 128 valence electrons. The topological polar surface area (TPSA) is 44.8 Å². The van der Waals surface area contributed by atoms with E-state index in [2.05, 4.69) is 10.2 Å². The van der Waals surface area contributed by atoms with Gasteiger partial charge in [0.1, 0.15) is 5.60 Å². The van der Waals surface area contributed by atoms with Gasteiger partial charge in [0.15, 0.2) is 0 Å². The standard InChI is InChI=1S/C17H33N3O2/c1-17(2,3)22-16(21)20-11-5-7-15(14-20)6-4-10-19-12-8-18-9-13-19/h15,18H,4-14H2,1-3H3. The smallest absolute Gasteiger partial charge is 0.410 e. The van der Waals surface area contributed by atoms with Gasteiger partial charge in [0.2, 0.25) is 0 Å². The van der Waals surface area contributed by atoms with Crippen LogP contribution in [0.1, 0.15) is 46.5 Å². The van der Waals surface area contributed by atoms with Gasteiger partial charge < -0.3 is 19.9 Å². The van der Waals surface area contributed by atoms with E-state index < -0.39 is 5.60 Å². The first-order valence-electron chi connectivity index (χ1n) is 8.85. The molecule has 0 aromatic carbocycles. The van der Waals surface area contributed by atoms with E-state index in [0.717, 1.165) is 32.6 Å². The number of carbonyl (C=O) groups is 1. The first-order valence-corrected chi connectivity index (χ1v) is 8.85. The number of ether oxygens (including phenoxy) is 1. The van der Waals surface area contributed by atoms with Gasteiger partial charge in [0.05, 0.1) is 0 Å². The van der Waals surface area contributed by atoms with Crippen molar-refractivity contribution in [3.63, 3.8) is 0 Å². The van der Waals surface area contributed by atoms with E-state index in [-0.39, 0.29) is 6.09 Å². The van der Waals surface area contributed by atoms with Crippen LogP contribution in [0, 0.1) is 5.92 Å². The molecule has 2 fully saturated rings. The van der Waals surface area contributed by atoms with Gasteiger partial charge in [-0.2, -0.15) is 0 Å². The quantitative estimate of drug-likeness (QED) is 0.865. The van der Waals surface area contributed by atoms with Crippen molar-refractivity contribution in [1.29, 1.82) is 0 Å². The second-order valence-corrected chi connectivity index (χ2v) is 7.67. The van der Waals surface area contributed by atoms with Gasteiger partial charge >= 0.3 is 6.09 Å². The van der Waals surface area contributed by atoms with E-state index >= 15 is 0 Å². The van der Waals surface area contributed by atoms with Gasteiger partial charge in [-0.05, 0) is 58.9 Å². The summed E-state index contributed by atoms with van der Waals surface area (Å²) in [6.07, 6.45) is 4.69. The Labute approximate surface area is 135 Å². The second-order valence-electron chi connectivity index (χ2n) is 7.67. The lowest BCUT2D eigenvalue weighted by Crippen LogP contribution is -2.44. The van der Waals surface area contributed by atoms with E-state index in [1.807, 2.05) is 25.7 Å². The fraction of sp³-hybridized carbons (Fsp3) is 0.941. The summed E-state index contributed by atoms with van der Waals surface area (Å²) in [7, 11) is 0. The number of hydrogen-bond acceptors (Lipinski definition) is 4. The average molecular weight is 311 g/mol. The molecule has 2 aliphatic rings. The molecule has 1 amide bonds. The van der Waals surface area contributed by atoms with Crippen molar-refractivity contribution in [3.8, 4) is 0 Å². The van der Waals surface area contributed by atoms with Crippen molar-refractivity contribution in [2.75, 3.05) is 45.8 Å². The molecule has 2 saturated heterocycles. The Morgan fingerprint density at radius 1 is 1.23 bits per heavy atom. The Kier molecular flexibility index (Phi) is 6.50. The molecule has 22 heavy (non-hydrogen) atoms. The predicted octanol–water partition coefficient (Wildman–Crippen LogP) is 2.32. The Hall–Kier alpha value is -0.810. The molecular weight excluding hydrogens is 278 g/mol. The number of piperidine rings is 1. The van der Waals surface area contributed by atoms with Gasteiger partial charge in [-0.25, -0.2) is 4.79 Å². The predicted molar refractivity (Wildman–Crippen MR) is 89.1 cm³/mol. The number of piperazine rings is 1. The lowest BCUT2D eigenvalue weighted by Gasteiger charge is -2.34. The molecule has 2 heterocycles. The van der Waals surface area contributed by atoms with Crippen LogP contribution in [0.25, 0.3) is 0 Å². The normalized spacial score (nSPS) is 24.3. The zero-order valence-electron chi connectivity index (χ0n) is 14.6. The summed E-state index contributed by atoms with van der Waals surface area (Å²) in [4.78, 5) is 16.6. The Morgan fingerprint density at radius 3 is 2.64 bits per heavy atom. The van der Waals surface area contributed by atoms with Crippen LogP contribution in [0.5, 0.6) is 0 Å². The summed E-state index contributed by atoms with van der Waals surface area (Å²) in [6, 6.07) is 0. The van der Waals surface area contributed by atoms with Crippen LogP contribution in [-0.2, 0) is 4.74 Å². The lowest BCUT2D eigenvalue weighted by molar-refractivity contribution is 0.0159. The summed E-state index contributed by atoms with van der Waals surface area (Å²) in [5.41, 5.74) is -0.397. The number of likely N-dealkylation sites (tertiary alicyclic amines) is 1. The van der Waals surface area contributed by atoms with Crippen LogP contribution in [0.2, 0.25) is 0 Å². The number of rotatable bonds is 4. The molecule has 0 aliphatic carbocycles. The average Bonchev–Trinajstić information content (AvgIpc) is 2.47. The number of nitrogens with one attached hydrogen (secondary N) is 1. The van der Waals surface area contributed by atoms with Crippen molar-refractivity contribution < 1.29 is 9.53 Å². The summed E-state index contributed by atoms with van der Waals surface area (Å²) >= 11 is 0. The lowest BCUT2D eigenvalue weighted by atomic mass is 9.93. The van der Waals surface area contributed by atoms with Crippen LogP contribution in [-0.4, -0.2) is 67.3 Å². The number of hydrogen-bond donors (Lipinski definition) is 1. The molecule has 0 bridgehead atoms. The number of nitrogens with zero attached hydrogens (tertiary/aromatic N) is 2. The van der Waals surface area contributed by atoms with Gasteiger partial charge in [-0.3, -0.25) is 0 Å². The van der Waals surface area contributed by atoms with Crippen LogP contribution in [0.15, 0.2) is 0 Å². The maximum absolute atomic E-state index is 12.2. The van der Waals surface area contributed by atoms with E-state index in [0.29, 0.717) is 5.92 Å². The van der Waals surface area contributed by atoms with Crippen molar-refractivity contribution in [3.05, 3.63) is 0 Å². The molecule has 5 heteroatoms. The largest absolute Gasteiger partial charge is 0.444 e. The summed E-state index contributed by atoms with van der Waals surface area (Å²) in [5.74, 6) is 0.643. The molecule has 2 rings (SSSR count). The molecule has 5 nitrogen and oxygen atoms in total. The maximum atomic E-state index is 12.2. The first-order chi connectivity index (χ1) is 10.4. The summed E-state index contributed by atoms with van der Waals surface area (Å²) in [5, 5.41) is 3.39. The van der Waals surface area contributed by atoms with Gasteiger partial charge in [0, 0.05) is 39.3 Å². The van der Waals surface area contributed by atoms with Gasteiger partial charge in [0.25, 0.3) is 0 Å². The molecule has 0 radical (unpaired) electrons. The molecule has 1 N–H and O–H groups in total. The molecule has 0 aromatic rings. The third-order valence-corrected chi connectivity index (χ3v) is 4.47. The molecule has 1 unspecified atom stereocenters. The third kappa shape index (κ3) is 6.13. The summed E-state index contributed by atoms with van der Waals surface area (Å²) in [6.45, 7) is 13.3. The minimum Gasteiger partial charge on any atom is -0.444 e. The van der Waals surface area contributed by atoms with Gasteiger partial charge in [-0.1, -0.05) is 0 Å². The molecular formula is C17H33N3O2. The van der Waals surface area contributed by atoms with E-state index in [9.17, 15) is 4.79 Å². The Bertz CT molecular complexity index is 348. The van der Waals surface area contributed by atoms with Crippen molar-refractivity contribution in [1.82, 2.24) is 15.1 Å². The summed E-state index contributed by atoms with van der Waals surface area (Å²) < 4.78 is 5.50. The molecule has 0 saturated carbocycles. The zero-order chi connectivity index (χ0) is 16.0. The van der Waals surface area contributed by atoms with Crippen LogP contribution in [0.3, 0.4) is 0 Å². The maximum Gasteiger partial charge on any atom is 0.410 e. The fourth-order valence-corrected chi connectivity index (χ4v) is 3.33. The minimum atomic E-state index is -0.397. The second kappa shape index (κ2) is 8.16. The number of amides is 1. The minimum absolute atomic E-state index is 0.140. The van der Waals surface area contributed by atoms with E-state index in [1.54, 1.807) is 0 Å². The molecule has 0 spiro atoms. The fourth-order valence-electron chi connectivity index (χ4n) is 3.33. The van der Waals surface area contributed by atoms with Crippen molar-refractivity contribution >= 4 is 6.09 Å². The molecule has 0 aromatic heterocycles. The first kappa shape index (κ1) is 17.5. The van der Waals surface area contributed by atoms with Crippen molar-refractivity contribution in [2.45, 2.75) is 52.1 Å². The highest BCUT2D eigenvalue weighted by Gasteiger charge is 2.27. The van der Waals surface area contributed by atoms with Gasteiger partial charge in [-0.15, -0.1) is 0 Å². The highest BCUT2D eigenvalue weighted by Crippen LogP contribution is 2.23. The molecule has 1 atom stereocenters. The van der Waals surface area contributed by atoms with Crippen molar-refractivity contribution in [2.24, 2.45) is 5.92 Å². The van der Waals surface area contributed by atoms with E-state index in [1.165, 1.54) is 38.9 Å². The highest BCUT2D eigenvalue weighted by atomic mass is 16.6. The Morgan fingerprint density at radius 2 is 1.95 bits per heavy atom. The van der Waals surface area contributed by atoms with Crippen LogP contribution >= 0.6 is 0 Å². The number of carbonyl (C=O) groups excluding carboxylic acids is 1. The van der Waals surface area contributed by atoms with E-state index in [4.69, 9.17) is 4.74 Å². The van der Waals surface area contributed by atoms with Crippen LogP contribution in [0.4, 0.5) is 4.79 Å². The third-order valence-electron chi connectivity index (χ3n) is 4.47. The Balaban J connectivity index is 1.67. The SMILES string of the molecule is CC(C)(C)OC(=O)N1CCCC(CCCN2CCNCC2)C1. The highest BCUT2D eigenvalue weighted by molar-refractivity contribution is 5.68. The van der Waals surface area contributed by atoms with Crippen LogP contribution < -0.4 is 5.32 Å². The molecule has 2 aliphatic heterocycles. The zero-order valence-corrected chi connectivity index (χ0v) is 14.6.